The Morgan fingerprint density at radius 2 is 1.86 bits per heavy atom. The number of nitrogens with one attached hydrogen (secondary N) is 1. The highest BCUT2D eigenvalue weighted by molar-refractivity contribution is 6.05. The zero-order valence-electron chi connectivity index (χ0n) is 17.2. The van der Waals surface area contributed by atoms with E-state index < -0.39 is 0 Å². The van der Waals surface area contributed by atoms with Crippen LogP contribution in [0.1, 0.15) is 78.7 Å². The third-order valence-electron chi connectivity index (χ3n) is 6.09. The molecule has 1 fully saturated rings. The molecule has 6 nitrogen and oxygen atoms in total. The van der Waals surface area contributed by atoms with E-state index in [1.165, 1.54) is 19.3 Å². The molecule has 2 aliphatic rings. The van der Waals surface area contributed by atoms with Gasteiger partial charge in [0.1, 0.15) is 5.69 Å². The molecule has 2 heterocycles. The lowest BCUT2D eigenvalue weighted by atomic mass is 9.95. The van der Waals surface area contributed by atoms with E-state index in [1.54, 1.807) is 4.90 Å². The maximum absolute atomic E-state index is 13.4. The number of hydrogen-bond donors (Lipinski definition) is 1. The highest BCUT2D eigenvalue weighted by Crippen LogP contribution is 2.25. The van der Waals surface area contributed by atoms with E-state index in [4.69, 9.17) is 0 Å². The van der Waals surface area contributed by atoms with E-state index >= 15 is 0 Å². The third kappa shape index (κ3) is 4.07. The molecule has 0 unspecified atom stereocenters. The van der Waals surface area contributed by atoms with E-state index in [0.29, 0.717) is 18.1 Å². The van der Waals surface area contributed by atoms with Crippen molar-refractivity contribution in [2.24, 2.45) is 0 Å². The number of rotatable bonds is 5. The van der Waals surface area contributed by atoms with Gasteiger partial charge in [0.15, 0.2) is 0 Å². The van der Waals surface area contributed by atoms with E-state index in [0.717, 1.165) is 50.0 Å². The fourth-order valence-electron chi connectivity index (χ4n) is 4.56. The molecule has 0 spiro atoms. The first kappa shape index (κ1) is 19.7. The number of amides is 2. The summed E-state index contributed by atoms with van der Waals surface area (Å²) in [4.78, 5) is 32.7. The normalized spacial score (nSPS) is 16.9. The summed E-state index contributed by atoms with van der Waals surface area (Å²) < 4.78 is 1.98. The average Bonchev–Trinajstić information content (AvgIpc) is 3.16. The topological polar surface area (TPSA) is 67.2 Å². The molecule has 0 atom stereocenters. The Hall–Kier alpha value is -2.63. The van der Waals surface area contributed by atoms with Gasteiger partial charge in [-0.05, 0) is 51.2 Å². The number of carbonyl (C=O) groups is 2. The summed E-state index contributed by atoms with van der Waals surface area (Å²) in [5, 5.41) is 3.17. The molecule has 0 saturated heterocycles. The molecule has 154 valence electrons. The van der Waals surface area contributed by atoms with Crippen LogP contribution >= 0.6 is 0 Å². The molecular formula is C23H30N4O2. The minimum absolute atomic E-state index is 0.121. The Bertz CT molecular complexity index is 869. The Morgan fingerprint density at radius 1 is 1.10 bits per heavy atom. The van der Waals surface area contributed by atoms with Crippen molar-refractivity contribution in [2.45, 2.75) is 70.9 Å². The Balaban J connectivity index is 1.63. The van der Waals surface area contributed by atoms with Crippen LogP contribution in [0.5, 0.6) is 0 Å². The summed E-state index contributed by atoms with van der Waals surface area (Å²) >= 11 is 0. The van der Waals surface area contributed by atoms with E-state index in [1.807, 2.05) is 41.8 Å². The summed E-state index contributed by atoms with van der Waals surface area (Å²) in [6.45, 7) is 3.25. The minimum atomic E-state index is -0.140. The molecule has 0 radical (unpaired) electrons. The van der Waals surface area contributed by atoms with Gasteiger partial charge < -0.3 is 14.8 Å². The van der Waals surface area contributed by atoms with Crippen LogP contribution in [-0.2, 0) is 13.0 Å². The zero-order valence-corrected chi connectivity index (χ0v) is 17.2. The third-order valence-corrected chi connectivity index (χ3v) is 6.09. The molecule has 6 heteroatoms. The molecule has 2 aromatic rings. The summed E-state index contributed by atoms with van der Waals surface area (Å²) in [6, 6.07) is 9.88. The van der Waals surface area contributed by atoms with Crippen LogP contribution in [-0.4, -0.2) is 34.0 Å². The zero-order chi connectivity index (χ0) is 20.2. The number of nitrogens with zero attached hydrogens (tertiary/aromatic N) is 3. The molecule has 2 amide bonds. The fourth-order valence-corrected chi connectivity index (χ4v) is 4.56. The lowest BCUT2D eigenvalue weighted by Crippen LogP contribution is -2.37. The molecule has 1 N–H and O–H groups in total. The van der Waals surface area contributed by atoms with Crippen LogP contribution in [0.3, 0.4) is 0 Å². The number of fused-ring (bicyclic) bond motifs is 1. The van der Waals surface area contributed by atoms with Crippen LogP contribution in [0, 0.1) is 0 Å². The van der Waals surface area contributed by atoms with Gasteiger partial charge in [0, 0.05) is 24.8 Å². The van der Waals surface area contributed by atoms with Crippen molar-refractivity contribution >= 4 is 17.5 Å². The first-order chi connectivity index (χ1) is 14.2. The molecule has 29 heavy (non-hydrogen) atoms. The van der Waals surface area contributed by atoms with Gasteiger partial charge >= 0.3 is 0 Å². The number of imidazole rings is 1. The van der Waals surface area contributed by atoms with Crippen molar-refractivity contribution in [2.75, 3.05) is 11.4 Å². The molecule has 1 aliphatic heterocycles. The van der Waals surface area contributed by atoms with Crippen molar-refractivity contribution in [1.82, 2.24) is 14.9 Å². The Labute approximate surface area is 172 Å². The number of aromatic nitrogens is 2. The number of para-hydroxylation sites is 1. The van der Waals surface area contributed by atoms with Crippen molar-refractivity contribution in [3.63, 3.8) is 0 Å². The molecule has 4 rings (SSSR count). The first-order valence-electron chi connectivity index (χ1n) is 11.0. The summed E-state index contributed by atoms with van der Waals surface area (Å²) in [5.74, 6) is 0.127. The smallest absolute Gasteiger partial charge is 0.294 e. The van der Waals surface area contributed by atoms with Crippen molar-refractivity contribution in [3.8, 4) is 0 Å². The fraction of sp³-hybridized carbons (Fsp3) is 0.522. The molecule has 1 aromatic heterocycles. The number of hydrogen-bond acceptors (Lipinski definition) is 3. The van der Waals surface area contributed by atoms with Gasteiger partial charge in [-0.25, -0.2) is 4.98 Å². The van der Waals surface area contributed by atoms with Gasteiger partial charge in [-0.1, -0.05) is 37.5 Å². The van der Waals surface area contributed by atoms with Crippen LogP contribution in [0.2, 0.25) is 0 Å². The maximum Gasteiger partial charge on any atom is 0.294 e. The standard InChI is InChI=1S/C23H30N4O2/c1-2-26(18-13-7-4-8-14-18)23(29)21-25-20(19-15-9-10-16-27(19)21)22(28)24-17-11-5-3-6-12-17/h4,7-8,13-14,17H,2-3,5-6,9-12,15-16H2,1H3,(H,24,28). The van der Waals surface area contributed by atoms with Gasteiger partial charge in [0.05, 0.1) is 5.69 Å². The second kappa shape index (κ2) is 8.80. The average molecular weight is 395 g/mol. The van der Waals surface area contributed by atoms with Gasteiger partial charge in [-0.2, -0.15) is 0 Å². The highest BCUT2D eigenvalue weighted by Gasteiger charge is 2.30. The number of carbonyl (C=O) groups excluding carboxylic acids is 2. The monoisotopic (exact) mass is 394 g/mol. The SMILES string of the molecule is CCN(C(=O)c1nc(C(=O)NC2CCCCC2)c2n1CCCC2)c1ccccc1. The second-order valence-electron chi connectivity index (χ2n) is 8.03. The Morgan fingerprint density at radius 3 is 2.59 bits per heavy atom. The predicted octanol–water partition coefficient (Wildman–Crippen LogP) is 3.95. The highest BCUT2D eigenvalue weighted by atomic mass is 16.2. The van der Waals surface area contributed by atoms with Crippen molar-refractivity contribution in [1.29, 1.82) is 0 Å². The van der Waals surface area contributed by atoms with Gasteiger partial charge in [0.2, 0.25) is 5.82 Å². The summed E-state index contributed by atoms with van der Waals surface area (Å²) in [5.41, 5.74) is 2.21. The lowest BCUT2D eigenvalue weighted by molar-refractivity contribution is 0.0921. The molecule has 1 aromatic carbocycles. The van der Waals surface area contributed by atoms with Crippen molar-refractivity contribution < 1.29 is 9.59 Å². The van der Waals surface area contributed by atoms with Crippen LogP contribution < -0.4 is 10.2 Å². The van der Waals surface area contributed by atoms with E-state index in [2.05, 4.69) is 10.3 Å². The van der Waals surface area contributed by atoms with Gasteiger partial charge in [0.25, 0.3) is 11.8 Å². The largest absolute Gasteiger partial charge is 0.348 e. The first-order valence-corrected chi connectivity index (χ1v) is 11.0. The van der Waals surface area contributed by atoms with Gasteiger partial charge in [-0.15, -0.1) is 0 Å². The molecule has 1 saturated carbocycles. The lowest BCUT2D eigenvalue weighted by Gasteiger charge is -2.23. The summed E-state index contributed by atoms with van der Waals surface area (Å²) in [6.07, 6.45) is 8.47. The van der Waals surface area contributed by atoms with Crippen LogP contribution in [0.25, 0.3) is 0 Å². The number of benzene rings is 1. The summed E-state index contributed by atoms with van der Waals surface area (Å²) in [7, 11) is 0. The predicted molar refractivity (Wildman–Crippen MR) is 113 cm³/mol. The maximum atomic E-state index is 13.4. The van der Waals surface area contributed by atoms with Crippen LogP contribution in [0.4, 0.5) is 5.69 Å². The quantitative estimate of drug-likeness (QED) is 0.835. The molecule has 0 bridgehead atoms. The van der Waals surface area contributed by atoms with Gasteiger partial charge in [-0.3, -0.25) is 9.59 Å². The minimum Gasteiger partial charge on any atom is -0.348 e. The number of anilines is 1. The molecule has 1 aliphatic carbocycles. The van der Waals surface area contributed by atoms with E-state index in [9.17, 15) is 9.59 Å². The van der Waals surface area contributed by atoms with Crippen molar-refractivity contribution in [3.05, 3.63) is 47.5 Å². The van der Waals surface area contributed by atoms with Crippen LogP contribution in [0.15, 0.2) is 30.3 Å². The van der Waals surface area contributed by atoms with E-state index in [-0.39, 0.29) is 17.9 Å². The Kier molecular flexibility index (Phi) is 5.97. The molecular weight excluding hydrogens is 364 g/mol. The second-order valence-corrected chi connectivity index (χ2v) is 8.03.